The Hall–Kier alpha value is -3.80. The fourth-order valence-electron chi connectivity index (χ4n) is 2.95. The van der Waals surface area contributed by atoms with Crippen molar-refractivity contribution in [2.24, 2.45) is 0 Å². The van der Waals surface area contributed by atoms with Crippen molar-refractivity contribution >= 4 is 28.3 Å². The van der Waals surface area contributed by atoms with Crippen molar-refractivity contribution < 1.29 is 23.5 Å². The molecule has 2 aromatic carbocycles. The van der Waals surface area contributed by atoms with Crippen molar-refractivity contribution in [1.29, 1.82) is 0 Å². The van der Waals surface area contributed by atoms with E-state index in [1.54, 1.807) is 30.3 Å². The summed E-state index contributed by atoms with van der Waals surface area (Å²) in [6.07, 6.45) is 2.76. The van der Waals surface area contributed by atoms with Crippen LogP contribution < -0.4 is 5.32 Å². The van der Waals surface area contributed by atoms with Crippen LogP contribution in [0.5, 0.6) is 0 Å². The van der Waals surface area contributed by atoms with Crippen LogP contribution >= 0.6 is 0 Å². The molecule has 0 aliphatic rings. The largest absolute Gasteiger partial charge is 0.475 e. The second-order valence-electron chi connectivity index (χ2n) is 5.61. The molecule has 0 fully saturated rings. The van der Waals surface area contributed by atoms with Gasteiger partial charge < -0.3 is 19.3 Å². The summed E-state index contributed by atoms with van der Waals surface area (Å²) in [6, 6.07) is 15.8. The molecular weight excluding hydrogens is 334 g/mol. The van der Waals surface area contributed by atoms with E-state index in [1.807, 2.05) is 24.3 Å². The first kappa shape index (κ1) is 15.7. The molecular formula is C20H13NO5. The van der Waals surface area contributed by atoms with Crippen LogP contribution in [0, 0.1) is 0 Å². The van der Waals surface area contributed by atoms with Gasteiger partial charge in [-0.25, -0.2) is 4.79 Å². The molecule has 6 nitrogen and oxygen atoms in total. The Morgan fingerprint density at radius 2 is 1.65 bits per heavy atom. The number of furan rings is 2. The molecule has 1 amide bonds. The Morgan fingerprint density at radius 1 is 0.846 bits per heavy atom. The van der Waals surface area contributed by atoms with Crippen molar-refractivity contribution in [3.8, 4) is 11.1 Å². The van der Waals surface area contributed by atoms with E-state index in [2.05, 4.69) is 5.32 Å². The summed E-state index contributed by atoms with van der Waals surface area (Å²) in [5.41, 5.74) is 1.66. The highest BCUT2D eigenvalue weighted by Gasteiger charge is 2.19. The molecule has 0 radical (unpaired) electrons. The number of carboxylic acid groups (broad SMARTS) is 1. The van der Waals surface area contributed by atoms with Gasteiger partial charge in [-0.05, 0) is 35.2 Å². The van der Waals surface area contributed by atoms with E-state index in [0.29, 0.717) is 16.8 Å². The normalized spacial score (nSPS) is 10.8. The molecule has 0 unspecified atom stereocenters. The number of fused-ring (bicyclic) bond motifs is 1. The van der Waals surface area contributed by atoms with Crippen LogP contribution in [0.15, 0.2) is 76.0 Å². The number of carboxylic acids is 1. The predicted octanol–water partition coefficient (Wildman–Crippen LogP) is 4.64. The zero-order chi connectivity index (χ0) is 18.1. The van der Waals surface area contributed by atoms with Gasteiger partial charge in [0, 0.05) is 16.6 Å². The monoisotopic (exact) mass is 347 g/mol. The van der Waals surface area contributed by atoms with Gasteiger partial charge in [-0.2, -0.15) is 0 Å². The minimum absolute atomic E-state index is 0.148. The molecule has 2 N–H and O–H groups in total. The maximum atomic E-state index is 12.4. The Kier molecular flexibility index (Phi) is 3.78. The third kappa shape index (κ3) is 2.63. The quantitative estimate of drug-likeness (QED) is 0.561. The molecule has 6 heteroatoms. The molecule has 4 rings (SSSR count). The number of benzene rings is 2. The van der Waals surface area contributed by atoms with Crippen LogP contribution in [0.25, 0.3) is 21.9 Å². The van der Waals surface area contributed by atoms with Crippen LogP contribution in [0.1, 0.15) is 21.1 Å². The van der Waals surface area contributed by atoms with E-state index in [4.69, 9.17) is 8.83 Å². The van der Waals surface area contributed by atoms with Crippen molar-refractivity contribution in [1.82, 2.24) is 0 Å². The van der Waals surface area contributed by atoms with Gasteiger partial charge in [0.05, 0.1) is 12.5 Å². The number of hydrogen-bond donors (Lipinski definition) is 2. The number of anilines is 1. The van der Waals surface area contributed by atoms with E-state index < -0.39 is 5.97 Å². The summed E-state index contributed by atoms with van der Waals surface area (Å²) < 4.78 is 10.2. The zero-order valence-electron chi connectivity index (χ0n) is 13.4. The fourth-order valence-corrected chi connectivity index (χ4v) is 2.95. The van der Waals surface area contributed by atoms with Crippen LogP contribution in [-0.4, -0.2) is 17.0 Å². The summed E-state index contributed by atoms with van der Waals surface area (Å²) in [5.74, 6) is -1.50. The van der Waals surface area contributed by atoms with Crippen molar-refractivity contribution in [2.75, 3.05) is 5.32 Å². The number of carbonyl (C=O) groups is 2. The van der Waals surface area contributed by atoms with E-state index in [0.717, 1.165) is 10.8 Å². The Balaban J connectivity index is 1.88. The third-order valence-electron chi connectivity index (χ3n) is 4.05. The highest BCUT2D eigenvalue weighted by Crippen LogP contribution is 2.36. The van der Waals surface area contributed by atoms with Crippen molar-refractivity contribution in [3.05, 3.63) is 78.6 Å². The second-order valence-corrected chi connectivity index (χ2v) is 5.61. The molecule has 4 aromatic rings. The van der Waals surface area contributed by atoms with E-state index in [-0.39, 0.29) is 17.4 Å². The van der Waals surface area contributed by atoms with Crippen LogP contribution in [-0.2, 0) is 0 Å². The molecule has 0 saturated heterocycles. The molecule has 26 heavy (non-hydrogen) atoms. The highest BCUT2D eigenvalue weighted by molar-refractivity contribution is 6.13. The second kappa shape index (κ2) is 6.25. The lowest BCUT2D eigenvalue weighted by atomic mass is 9.97. The first-order valence-corrected chi connectivity index (χ1v) is 7.83. The SMILES string of the molecule is O=C(Nc1cccc2cccc(-c3ccoc3C(=O)O)c12)c1ccco1. The van der Waals surface area contributed by atoms with Gasteiger partial charge in [0.15, 0.2) is 5.76 Å². The summed E-state index contributed by atoms with van der Waals surface area (Å²) in [4.78, 5) is 23.8. The van der Waals surface area contributed by atoms with Crippen molar-refractivity contribution in [3.63, 3.8) is 0 Å². The summed E-state index contributed by atoms with van der Waals surface area (Å²) in [5, 5.41) is 13.8. The molecule has 0 saturated carbocycles. The number of carbonyl (C=O) groups excluding carboxylic acids is 1. The van der Waals surface area contributed by atoms with Crippen LogP contribution in [0.4, 0.5) is 5.69 Å². The average Bonchev–Trinajstić information content (AvgIpc) is 3.33. The van der Waals surface area contributed by atoms with Crippen LogP contribution in [0.3, 0.4) is 0 Å². The molecule has 0 atom stereocenters. The summed E-state index contributed by atoms with van der Waals surface area (Å²) in [6.45, 7) is 0. The van der Waals surface area contributed by atoms with Gasteiger partial charge in [0.25, 0.3) is 5.91 Å². The first-order valence-electron chi connectivity index (χ1n) is 7.83. The fraction of sp³-hybridized carbons (Fsp3) is 0. The summed E-state index contributed by atoms with van der Waals surface area (Å²) >= 11 is 0. The van der Waals surface area contributed by atoms with Gasteiger partial charge >= 0.3 is 5.97 Å². The lowest BCUT2D eigenvalue weighted by molar-refractivity contribution is 0.0663. The van der Waals surface area contributed by atoms with Gasteiger partial charge in [-0.15, -0.1) is 0 Å². The molecule has 0 spiro atoms. The Bertz CT molecular complexity index is 1100. The number of hydrogen-bond acceptors (Lipinski definition) is 4. The molecule has 2 aromatic heterocycles. The Labute approximate surface area is 147 Å². The smallest absolute Gasteiger partial charge is 0.372 e. The third-order valence-corrected chi connectivity index (χ3v) is 4.05. The van der Waals surface area contributed by atoms with Gasteiger partial charge in [0.1, 0.15) is 0 Å². The molecule has 0 aliphatic heterocycles. The number of nitrogens with one attached hydrogen (secondary N) is 1. The van der Waals surface area contributed by atoms with Gasteiger partial charge in [-0.3, -0.25) is 4.79 Å². The maximum absolute atomic E-state index is 12.4. The van der Waals surface area contributed by atoms with Gasteiger partial charge in [-0.1, -0.05) is 30.3 Å². The minimum atomic E-state index is -1.15. The maximum Gasteiger partial charge on any atom is 0.372 e. The average molecular weight is 347 g/mol. The molecule has 128 valence electrons. The lowest BCUT2D eigenvalue weighted by Crippen LogP contribution is -2.11. The molecule has 0 bridgehead atoms. The van der Waals surface area contributed by atoms with E-state index in [1.165, 1.54) is 12.5 Å². The van der Waals surface area contributed by atoms with Crippen LogP contribution in [0.2, 0.25) is 0 Å². The number of amides is 1. The molecule has 2 heterocycles. The number of rotatable bonds is 4. The van der Waals surface area contributed by atoms with Crippen molar-refractivity contribution in [2.45, 2.75) is 0 Å². The topological polar surface area (TPSA) is 92.7 Å². The molecule has 0 aliphatic carbocycles. The van der Waals surface area contributed by atoms with E-state index >= 15 is 0 Å². The van der Waals surface area contributed by atoms with E-state index in [9.17, 15) is 14.7 Å². The minimum Gasteiger partial charge on any atom is -0.475 e. The predicted molar refractivity (Wildman–Crippen MR) is 95.3 cm³/mol. The Morgan fingerprint density at radius 3 is 2.38 bits per heavy atom. The highest BCUT2D eigenvalue weighted by atomic mass is 16.4. The standard InChI is InChI=1S/C20H13NO5/c22-19(16-8-3-10-25-16)21-15-7-2-5-12-4-1-6-13(17(12)15)14-9-11-26-18(14)20(23)24/h1-11H,(H,21,22)(H,23,24). The van der Waals surface area contributed by atoms with Gasteiger partial charge in [0.2, 0.25) is 5.76 Å². The zero-order valence-corrected chi connectivity index (χ0v) is 13.4. The number of aromatic carboxylic acids is 1. The first-order chi connectivity index (χ1) is 12.6. The summed E-state index contributed by atoms with van der Waals surface area (Å²) in [7, 11) is 0. The lowest BCUT2D eigenvalue weighted by Gasteiger charge is -2.12.